The number of nitro groups is 1. The molecule has 1 heterocycles. The average Bonchev–Trinajstić information content (AvgIpc) is 2.90. The Bertz CT molecular complexity index is 870. The highest BCUT2D eigenvalue weighted by Crippen LogP contribution is 2.27. The normalized spacial score (nSPS) is 10.7. The first-order chi connectivity index (χ1) is 10.0. The Hall–Kier alpha value is -3.22. The van der Waals surface area contributed by atoms with Crippen LogP contribution in [0.4, 0.5) is 5.69 Å². The Morgan fingerprint density at radius 1 is 1.24 bits per heavy atom. The van der Waals surface area contributed by atoms with Crippen LogP contribution in [0.15, 0.2) is 46.9 Å². The van der Waals surface area contributed by atoms with Crippen molar-refractivity contribution in [1.29, 1.82) is 0 Å². The fourth-order valence-electron chi connectivity index (χ4n) is 1.96. The number of primary amides is 1. The van der Waals surface area contributed by atoms with E-state index in [2.05, 4.69) is 4.98 Å². The summed E-state index contributed by atoms with van der Waals surface area (Å²) < 4.78 is 5.54. The summed E-state index contributed by atoms with van der Waals surface area (Å²) in [4.78, 5) is 25.6. The number of hydrogen-bond donors (Lipinski definition) is 1. The molecule has 21 heavy (non-hydrogen) atoms. The summed E-state index contributed by atoms with van der Waals surface area (Å²) in [5.74, 6) is -0.280. The minimum absolute atomic E-state index is 0.0618. The third kappa shape index (κ3) is 2.32. The molecule has 2 aromatic carbocycles. The number of nitro benzene ring substituents is 1. The van der Waals surface area contributed by atoms with Gasteiger partial charge in [-0.1, -0.05) is 6.07 Å². The van der Waals surface area contributed by atoms with E-state index in [1.807, 2.05) is 0 Å². The molecule has 104 valence electrons. The van der Waals surface area contributed by atoms with Crippen molar-refractivity contribution in [3.63, 3.8) is 0 Å². The van der Waals surface area contributed by atoms with E-state index < -0.39 is 10.8 Å². The third-order valence-corrected chi connectivity index (χ3v) is 2.98. The zero-order chi connectivity index (χ0) is 15.0. The predicted molar refractivity (Wildman–Crippen MR) is 74.6 cm³/mol. The number of benzene rings is 2. The number of oxazole rings is 1. The second-order valence-electron chi connectivity index (χ2n) is 4.37. The van der Waals surface area contributed by atoms with Gasteiger partial charge in [-0.3, -0.25) is 14.9 Å². The lowest BCUT2D eigenvalue weighted by Gasteiger charge is -1.98. The van der Waals surface area contributed by atoms with Crippen molar-refractivity contribution in [2.24, 2.45) is 5.73 Å². The fraction of sp³-hybridized carbons (Fsp3) is 0. The highest BCUT2D eigenvalue weighted by atomic mass is 16.6. The second kappa shape index (κ2) is 4.71. The predicted octanol–water partition coefficient (Wildman–Crippen LogP) is 2.50. The molecule has 0 unspecified atom stereocenters. The molecule has 0 fully saturated rings. The van der Waals surface area contributed by atoms with Crippen LogP contribution in [0.2, 0.25) is 0 Å². The number of aromatic nitrogens is 1. The summed E-state index contributed by atoms with van der Waals surface area (Å²) >= 11 is 0. The van der Waals surface area contributed by atoms with Gasteiger partial charge in [0.05, 0.1) is 4.92 Å². The smallest absolute Gasteiger partial charge is 0.271 e. The maximum absolute atomic E-state index is 11.2. The maximum atomic E-state index is 11.2. The van der Waals surface area contributed by atoms with E-state index in [9.17, 15) is 14.9 Å². The molecule has 0 aliphatic heterocycles. The zero-order valence-electron chi connectivity index (χ0n) is 10.6. The van der Waals surface area contributed by atoms with Crippen molar-refractivity contribution in [2.45, 2.75) is 0 Å². The van der Waals surface area contributed by atoms with Crippen LogP contribution in [-0.2, 0) is 0 Å². The van der Waals surface area contributed by atoms with Crippen LogP contribution in [-0.4, -0.2) is 15.8 Å². The number of non-ortho nitro benzene ring substituents is 1. The van der Waals surface area contributed by atoms with E-state index in [1.165, 1.54) is 18.2 Å². The number of nitrogens with zero attached hydrogens (tertiary/aromatic N) is 2. The van der Waals surface area contributed by atoms with Gasteiger partial charge in [0.25, 0.3) is 5.69 Å². The highest BCUT2D eigenvalue weighted by molar-refractivity contribution is 5.94. The molecule has 0 saturated carbocycles. The van der Waals surface area contributed by atoms with Crippen molar-refractivity contribution in [2.75, 3.05) is 0 Å². The molecule has 2 N–H and O–H groups in total. The Morgan fingerprint density at radius 3 is 2.76 bits per heavy atom. The van der Waals surface area contributed by atoms with Gasteiger partial charge in [-0.25, -0.2) is 4.98 Å². The molecule has 1 aromatic heterocycles. The molecule has 7 heteroatoms. The van der Waals surface area contributed by atoms with Gasteiger partial charge in [-0.2, -0.15) is 0 Å². The lowest BCUT2D eigenvalue weighted by atomic mass is 10.1. The second-order valence-corrected chi connectivity index (χ2v) is 4.37. The zero-order valence-corrected chi connectivity index (χ0v) is 10.6. The fourth-order valence-corrected chi connectivity index (χ4v) is 1.96. The van der Waals surface area contributed by atoms with Gasteiger partial charge in [0.1, 0.15) is 5.52 Å². The summed E-state index contributed by atoms with van der Waals surface area (Å²) in [6.07, 6.45) is 0. The van der Waals surface area contributed by atoms with Crippen LogP contribution in [0.1, 0.15) is 10.4 Å². The monoisotopic (exact) mass is 283 g/mol. The molecule has 7 nitrogen and oxygen atoms in total. The van der Waals surface area contributed by atoms with Gasteiger partial charge < -0.3 is 10.2 Å². The molecule has 1 amide bonds. The molecule has 0 saturated heterocycles. The van der Waals surface area contributed by atoms with Crippen LogP contribution in [0.5, 0.6) is 0 Å². The van der Waals surface area contributed by atoms with Crippen LogP contribution < -0.4 is 5.73 Å². The Morgan fingerprint density at radius 2 is 2.05 bits per heavy atom. The molecular weight excluding hydrogens is 274 g/mol. The van der Waals surface area contributed by atoms with E-state index in [-0.39, 0.29) is 11.6 Å². The number of nitrogens with two attached hydrogens (primary N) is 1. The van der Waals surface area contributed by atoms with Gasteiger partial charge in [0.2, 0.25) is 11.8 Å². The molecule has 0 spiro atoms. The first kappa shape index (κ1) is 12.8. The number of hydrogen-bond acceptors (Lipinski definition) is 5. The molecule has 0 radical (unpaired) electrons. The molecular formula is C14H9N3O4. The van der Waals surface area contributed by atoms with Crippen molar-refractivity contribution in [3.05, 3.63) is 58.1 Å². The summed E-state index contributed by atoms with van der Waals surface area (Å²) in [6.45, 7) is 0. The summed E-state index contributed by atoms with van der Waals surface area (Å²) in [5, 5.41) is 10.7. The lowest BCUT2D eigenvalue weighted by molar-refractivity contribution is -0.384. The molecule has 3 aromatic rings. The van der Waals surface area contributed by atoms with Crippen LogP contribution in [0, 0.1) is 10.1 Å². The van der Waals surface area contributed by atoms with Crippen molar-refractivity contribution in [3.8, 4) is 11.5 Å². The van der Waals surface area contributed by atoms with Gasteiger partial charge in [-0.05, 0) is 24.3 Å². The number of fused-ring (bicyclic) bond motifs is 1. The van der Waals surface area contributed by atoms with Crippen LogP contribution >= 0.6 is 0 Å². The summed E-state index contributed by atoms with van der Waals surface area (Å²) in [6, 6.07) is 10.7. The van der Waals surface area contributed by atoms with Crippen LogP contribution in [0.25, 0.3) is 22.6 Å². The highest BCUT2D eigenvalue weighted by Gasteiger charge is 2.13. The molecule has 0 bridgehead atoms. The van der Waals surface area contributed by atoms with E-state index in [1.54, 1.807) is 24.3 Å². The van der Waals surface area contributed by atoms with Gasteiger partial charge in [-0.15, -0.1) is 0 Å². The Labute approximate surface area is 118 Å². The molecule has 0 atom stereocenters. The Kier molecular flexibility index (Phi) is 2.87. The first-order valence-electron chi connectivity index (χ1n) is 6.00. The first-order valence-corrected chi connectivity index (χ1v) is 6.00. The minimum Gasteiger partial charge on any atom is -0.436 e. The van der Waals surface area contributed by atoms with Crippen molar-refractivity contribution in [1.82, 2.24) is 4.98 Å². The largest absolute Gasteiger partial charge is 0.436 e. The standard InChI is InChI=1S/C14H9N3O4/c15-13(18)8-2-1-3-9(6-8)14-16-11-7-10(17(19)20)4-5-12(11)21-14/h1-7H,(H2,15,18). The van der Waals surface area contributed by atoms with Gasteiger partial charge in [0, 0.05) is 23.3 Å². The van der Waals surface area contributed by atoms with E-state index in [4.69, 9.17) is 10.2 Å². The summed E-state index contributed by atoms with van der Waals surface area (Å²) in [7, 11) is 0. The average molecular weight is 283 g/mol. The van der Waals surface area contributed by atoms with Crippen LogP contribution in [0.3, 0.4) is 0 Å². The van der Waals surface area contributed by atoms with E-state index >= 15 is 0 Å². The van der Waals surface area contributed by atoms with Gasteiger partial charge >= 0.3 is 0 Å². The quantitative estimate of drug-likeness (QED) is 0.586. The number of carbonyl (C=O) groups is 1. The topological polar surface area (TPSA) is 112 Å². The van der Waals surface area contributed by atoms with E-state index in [0.29, 0.717) is 22.2 Å². The summed E-state index contributed by atoms with van der Waals surface area (Å²) in [5.41, 5.74) is 6.88. The number of carbonyl (C=O) groups excluding carboxylic acids is 1. The minimum atomic E-state index is -0.552. The molecule has 0 aliphatic rings. The lowest BCUT2D eigenvalue weighted by Crippen LogP contribution is -2.10. The van der Waals surface area contributed by atoms with Gasteiger partial charge in [0.15, 0.2) is 5.58 Å². The Balaban J connectivity index is 2.10. The number of rotatable bonds is 3. The van der Waals surface area contributed by atoms with E-state index in [0.717, 1.165) is 0 Å². The SMILES string of the molecule is NC(=O)c1cccc(-c2nc3cc([N+](=O)[O-])ccc3o2)c1. The maximum Gasteiger partial charge on any atom is 0.271 e. The number of amides is 1. The van der Waals surface area contributed by atoms with Crippen molar-refractivity contribution >= 4 is 22.7 Å². The molecule has 0 aliphatic carbocycles. The van der Waals surface area contributed by atoms with Crippen molar-refractivity contribution < 1.29 is 14.1 Å². The third-order valence-electron chi connectivity index (χ3n) is 2.98. The molecule has 3 rings (SSSR count).